The van der Waals surface area contributed by atoms with E-state index in [1.54, 1.807) is 36.4 Å². The third-order valence-corrected chi connectivity index (χ3v) is 8.48. The van der Waals surface area contributed by atoms with E-state index >= 15 is 0 Å². The maximum atomic E-state index is 13.6. The molecule has 0 aliphatic heterocycles. The number of hydrogen-bond donors (Lipinski definition) is 3. The molecule has 0 aliphatic carbocycles. The van der Waals surface area contributed by atoms with Gasteiger partial charge in [-0.05, 0) is 58.2 Å². The zero-order chi connectivity index (χ0) is 27.1. The second kappa shape index (κ2) is 9.93. The molecule has 3 rings (SSSR count). The topological polar surface area (TPSA) is 104 Å². The Morgan fingerprint density at radius 1 is 0.694 bits per heavy atom. The Balaban J connectivity index is 2.03. The highest BCUT2D eigenvalue weighted by atomic mass is 31.2. The van der Waals surface area contributed by atoms with Crippen LogP contribution in [0.5, 0.6) is 5.75 Å². The van der Waals surface area contributed by atoms with Gasteiger partial charge in [0.15, 0.2) is 0 Å². The Kier molecular flexibility index (Phi) is 7.82. The monoisotopic (exact) mass is 530 g/mol. The molecule has 0 saturated heterocycles. The molecule has 1 unspecified atom stereocenters. The summed E-state index contributed by atoms with van der Waals surface area (Å²) in [6.07, 6.45) is 0.776. The molecule has 194 valence electrons. The predicted octanol–water partition coefficient (Wildman–Crippen LogP) is 6.20. The number of rotatable bonds is 6. The first-order chi connectivity index (χ1) is 16.4. The molecule has 0 aromatic heterocycles. The van der Waals surface area contributed by atoms with Gasteiger partial charge in [0, 0.05) is 11.1 Å². The predicted molar refractivity (Wildman–Crippen MR) is 147 cm³/mol. The third kappa shape index (κ3) is 6.19. The Morgan fingerprint density at radius 2 is 1.17 bits per heavy atom. The molecular weight excluding hydrogens is 494 g/mol. The first-order valence-electron chi connectivity index (χ1n) is 11.9. The summed E-state index contributed by atoms with van der Waals surface area (Å²) in [5.74, 6) is 0.470. The lowest BCUT2D eigenvalue weighted by Gasteiger charge is -2.32. The van der Waals surface area contributed by atoms with Crippen molar-refractivity contribution in [1.82, 2.24) is 0 Å². The Hall–Kier alpha value is -2.20. The van der Waals surface area contributed by atoms with Crippen LogP contribution in [0.25, 0.3) is 11.1 Å². The van der Waals surface area contributed by atoms with E-state index in [2.05, 4.69) is 54.5 Å². The summed E-state index contributed by atoms with van der Waals surface area (Å²) < 4.78 is 31.1. The molecule has 8 heteroatoms. The minimum atomic E-state index is -4.32. The van der Waals surface area contributed by atoms with E-state index in [0.717, 1.165) is 34.2 Å². The van der Waals surface area contributed by atoms with Crippen molar-refractivity contribution in [3.05, 3.63) is 77.4 Å². The van der Waals surface area contributed by atoms with Gasteiger partial charge in [-0.2, -0.15) is 0 Å². The average molecular weight is 531 g/mol. The summed E-state index contributed by atoms with van der Waals surface area (Å²) in [5, 5.41) is 0.106. The summed E-state index contributed by atoms with van der Waals surface area (Å²) >= 11 is 0. The van der Waals surface area contributed by atoms with Gasteiger partial charge in [0.25, 0.3) is 0 Å². The maximum absolute atomic E-state index is 13.6. The first kappa shape index (κ1) is 28.4. The highest BCUT2D eigenvalue weighted by Crippen LogP contribution is 2.50. The van der Waals surface area contributed by atoms with E-state index in [1.165, 1.54) is 12.1 Å². The fourth-order valence-electron chi connectivity index (χ4n) is 4.29. The average Bonchev–Trinajstić information content (AvgIpc) is 2.76. The van der Waals surface area contributed by atoms with E-state index in [9.17, 15) is 23.8 Å². The number of aryl methyl sites for hydroxylation is 1. The van der Waals surface area contributed by atoms with Crippen LogP contribution in [0.15, 0.2) is 60.7 Å². The summed E-state index contributed by atoms with van der Waals surface area (Å²) in [4.78, 5) is 29.7. The summed E-state index contributed by atoms with van der Waals surface area (Å²) in [6.45, 7) is 14.5. The largest absolute Gasteiger partial charge is 0.421 e. The molecule has 3 N–H and O–H groups in total. The summed E-state index contributed by atoms with van der Waals surface area (Å²) in [7, 11) is -8.55. The van der Waals surface area contributed by atoms with E-state index in [0.29, 0.717) is 5.75 Å². The Morgan fingerprint density at radius 3 is 1.56 bits per heavy atom. The molecule has 0 saturated carbocycles. The second-order valence-corrected chi connectivity index (χ2v) is 14.4. The highest BCUT2D eigenvalue weighted by Gasteiger charge is 2.34. The quantitative estimate of drug-likeness (QED) is 0.328. The minimum absolute atomic E-state index is 0.0604. The first-order valence-corrected chi connectivity index (χ1v) is 15.1. The van der Waals surface area contributed by atoms with Crippen LogP contribution in [0.3, 0.4) is 0 Å². The van der Waals surface area contributed by atoms with Crippen molar-refractivity contribution in [1.29, 1.82) is 0 Å². The zero-order valence-corrected chi connectivity index (χ0v) is 23.7. The van der Waals surface area contributed by atoms with Gasteiger partial charge in [-0.3, -0.25) is 4.57 Å². The van der Waals surface area contributed by atoms with Crippen LogP contribution in [0.2, 0.25) is 0 Å². The molecule has 0 spiro atoms. The molecule has 36 heavy (non-hydrogen) atoms. The lowest BCUT2D eigenvalue weighted by Crippen LogP contribution is -2.22. The van der Waals surface area contributed by atoms with Crippen LogP contribution in [0, 0.1) is 0 Å². The maximum Gasteiger partial charge on any atom is 0.408 e. The fourth-order valence-corrected chi connectivity index (χ4v) is 5.90. The van der Waals surface area contributed by atoms with Crippen LogP contribution in [0.4, 0.5) is 0 Å². The van der Waals surface area contributed by atoms with Crippen LogP contribution in [0.1, 0.15) is 65.2 Å². The van der Waals surface area contributed by atoms with Crippen molar-refractivity contribution in [2.45, 2.75) is 65.7 Å². The van der Waals surface area contributed by atoms with Crippen molar-refractivity contribution >= 4 is 25.8 Å². The molecule has 0 amide bonds. The van der Waals surface area contributed by atoms with Crippen molar-refractivity contribution < 1.29 is 28.3 Å². The molecular formula is C28H36O6P2. The molecule has 0 heterocycles. The van der Waals surface area contributed by atoms with Gasteiger partial charge in [0.2, 0.25) is 0 Å². The van der Waals surface area contributed by atoms with E-state index in [-0.39, 0.29) is 21.4 Å². The highest BCUT2D eigenvalue weighted by molar-refractivity contribution is 7.61. The molecule has 3 aromatic rings. The summed E-state index contributed by atoms with van der Waals surface area (Å²) in [5.41, 5.74) is 3.77. The lowest BCUT2D eigenvalue weighted by molar-refractivity contribution is 0.380. The second-order valence-electron chi connectivity index (χ2n) is 11.1. The normalized spacial score (nSPS) is 14.4. The van der Waals surface area contributed by atoms with Gasteiger partial charge in [-0.25, -0.2) is 4.57 Å². The number of benzene rings is 3. The van der Waals surface area contributed by atoms with E-state index in [4.69, 9.17) is 4.52 Å². The Labute approximate surface area is 214 Å². The molecule has 0 aliphatic rings. The van der Waals surface area contributed by atoms with Crippen molar-refractivity contribution in [3.63, 3.8) is 0 Å². The fraction of sp³-hybridized carbons (Fsp3) is 0.357. The van der Waals surface area contributed by atoms with Gasteiger partial charge < -0.3 is 19.2 Å². The van der Waals surface area contributed by atoms with Gasteiger partial charge in [0.1, 0.15) is 5.75 Å². The van der Waals surface area contributed by atoms with Gasteiger partial charge >= 0.3 is 15.2 Å². The van der Waals surface area contributed by atoms with Crippen LogP contribution >= 0.6 is 15.2 Å². The van der Waals surface area contributed by atoms with Gasteiger partial charge in [-0.1, -0.05) is 84.9 Å². The van der Waals surface area contributed by atoms with Crippen molar-refractivity contribution in [2.24, 2.45) is 0 Å². The molecule has 0 radical (unpaired) electrons. The van der Waals surface area contributed by atoms with Crippen LogP contribution in [-0.4, -0.2) is 14.7 Å². The summed E-state index contributed by atoms with van der Waals surface area (Å²) in [6, 6.07) is 16.6. The zero-order valence-electron chi connectivity index (χ0n) is 21.9. The van der Waals surface area contributed by atoms with Crippen molar-refractivity contribution in [2.75, 3.05) is 0 Å². The molecule has 0 fully saturated rings. The number of hydrogen-bond acceptors (Lipinski definition) is 3. The standard InChI is InChI=1S/C28H36O6P2/c1-8-19-13-18-24(27(2,3)4)26(25(19)28(5,6)7)34-36(32,33)23-16-11-21(12-17-23)20-9-14-22(15-10-20)35(29,30)31/h9-18H,8H2,1-7H3,(H,32,33)(H2,29,30,31). The van der Waals surface area contributed by atoms with Gasteiger partial charge in [0.05, 0.1) is 10.6 Å². The Bertz CT molecular complexity index is 1320. The third-order valence-electron chi connectivity index (χ3n) is 6.13. The molecule has 3 aromatic carbocycles. The van der Waals surface area contributed by atoms with Gasteiger partial charge in [-0.15, -0.1) is 0 Å². The minimum Gasteiger partial charge on any atom is -0.421 e. The molecule has 1 atom stereocenters. The lowest BCUT2D eigenvalue weighted by atomic mass is 9.77. The SMILES string of the molecule is CCc1ccc(C(C)(C)C)c(OP(=O)(O)c2ccc(-c3ccc(P(=O)(O)O)cc3)cc2)c1C(C)(C)C. The van der Waals surface area contributed by atoms with E-state index < -0.39 is 15.2 Å². The van der Waals surface area contributed by atoms with Crippen molar-refractivity contribution in [3.8, 4) is 16.9 Å². The van der Waals surface area contributed by atoms with Crippen LogP contribution in [-0.2, 0) is 26.4 Å². The molecule has 6 nitrogen and oxygen atoms in total. The smallest absolute Gasteiger partial charge is 0.408 e. The van der Waals surface area contributed by atoms with Crippen LogP contribution < -0.4 is 15.1 Å². The van der Waals surface area contributed by atoms with E-state index in [1.807, 2.05) is 6.07 Å². The molecule has 0 bridgehead atoms.